The van der Waals surface area contributed by atoms with E-state index in [9.17, 15) is 9.59 Å². The fourth-order valence-electron chi connectivity index (χ4n) is 2.41. The van der Waals surface area contributed by atoms with Gasteiger partial charge in [-0.2, -0.15) is 0 Å². The summed E-state index contributed by atoms with van der Waals surface area (Å²) in [5.41, 5.74) is 0.978. The van der Waals surface area contributed by atoms with Gasteiger partial charge >= 0.3 is 5.97 Å². The Morgan fingerprint density at radius 1 is 1.16 bits per heavy atom. The molecule has 0 aliphatic rings. The molecule has 0 saturated carbocycles. The third-order valence-electron chi connectivity index (χ3n) is 3.68. The number of amides is 1. The molecule has 1 atom stereocenters. The summed E-state index contributed by atoms with van der Waals surface area (Å²) in [5.74, 6) is -0.433. The second kappa shape index (κ2) is 7.40. The SMILES string of the molecule is C[C@H](NC(=O)COC(=O)c1ccccc1Cl)c1cc2ccccc2o1. The predicted molar refractivity (Wildman–Crippen MR) is 94.5 cm³/mol. The first-order chi connectivity index (χ1) is 12.0. The van der Waals surface area contributed by atoms with Crippen LogP contribution in [0.25, 0.3) is 11.0 Å². The Labute approximate surface area is 149 Å². The predicted octanol–water partition coefficient (Wildman–Crippen LogP) is 4.12. The van der Waals surface area contributed by atoms with E-state index in [1.54, 1.807) is 31.2 Å². The van der Waals surface area contributed by atoms with E-state index in [0.717, 1.165) is 11.0 Å². The number of rotatable bonds is 5. The third-order valence-corrected chi connectivity index (χ3v) is 4.01. The molecule has 6 heteroatoms. The monoisotopic (exact) mass is 357 g/mol. The maximum absolute atomic E-state index is 12.0. The first-order valence-corrected chi connectivity index (χ1v) is 8.12. The van der Waals surface area contributed by atoms with Crippen molar-refractivity contribution in [3.05, 3.63) is 70.9 Å². The molecule has 128 valence electrons. The smallest absolute Gasteiger partial charge is 0.340 e. The van der Waals surface area contributed by atoms with Gasteiger partial charge in [0.15, 0.2) is 6.61 Å². The number of esters is 1. The average molecular weight is 358 g/mol. The minimum absolute atomic E-state index is 0.224. The lowest BCUT2D eigenvalue weighted by Crippen LogP contribution is -2.31. The van der Waals surface area contributed by atoms with Gasteiger partial charge in [-0.25, -0.2) is 4.79 Å². The Hall–Kier alpha value is -2.79. The Kier molecular flexibility index (Phi) is 5.05. The van der Waals surface area contributed by atoms with E-state index in [1.165, 1.54) is 0 Å². The van der Waals surface area contributed by atoms with Crippen molar-refractivity contribution in [2.24, 2.45) is 0 Å². The summed E-state index contributed by atoms with van der Waals surface area (Å²) in [6.07, 6.45) is 0. The topological polar surface area (TPSA) is 68.5 Å². The zero-order valence-electron chi connectivity index (χ0n) is 13.5. The molecular weight excluding hydrogens is 342 g/mol. The largest absolute Gasteiger partial charge is 0.459 e. The van der Waals surface area contributed by atoms with Crippen LogP contribution in [0, 0.1) is 0 Å². The van der Waals surface area contributed by atoms with Crippen molar-refractivity contribution in [1.29, 1.82) is 0 Å². The second-order valence-electron chi connectivity index (χ2n) is 5.53. The molecule has 0 radical (unpaired) electrons. The molecule has 2 aromatic carbocycles. The Morgan fingerprint density at radius 3 is 2.64 bits per heavy atom. The van der Waals surface area contributed by atoms with Crippen LogP contribution in [-0.4, -0.2) is 18.5 Å². The highest BCUT2D eigenvalue weighted by Gasteiger charge is 2.17. The lowest BCUT2D eigenvalue weighted by atomic mass is 10.2. The molecule has 1 aromatic heterocycles. The van der Waals surface area contributed by atoms with Crippen molar-refractivity contribution in [2.45, 2.75) is 13.0 Å². The molecule has 0 saturated heterocycles. The van der Waals surface area contributed by atoms with Crippen LogP contribution >= 0.6 is 11.6 Å². The average Bonchev–Trinajstić information content (AvgIpc) is 3.04. The molecule has 3 aromatic rings. The molecule has 1 amide bonds. The number of carbonyl (C=O) groups is 2. The number of carbonyl (C=O) groups excluding carboxylic acids is 2. The van der Waals surface area contributed by atoms with Crippen LogP contribution in [0.1, 0.15) is 29.1 Å². The van der Waals surface area contributed by atoms with Crippen molar-refractivity contribution in [2.75, 3.05) is 6.61 Å². The first kappa shape index (κ1) is 17.0. The number of furan rings is 1. The minimum atomic E-state index is -0.642. The van der Waals surface area contributed by atoms with Crippen LogP contribution < -0.4 is 5.32 Å². The third kappa shape index (κ3) is 4.00. The molecule has 3 rings (SSSR count). The summed E-state index contributed by atoms with van der Waals surface area (Å²) in [6, 6.07) is 15.6. The Bertz CT molecular complexity index is 885. The van der Waals surface area contributed by atoms with E-state index in [-0.39, 0.29) is 16.6 Å². The van der Waals surface area contributed by atoms with Crippen LogP contribution in [0.3, 0.4) is 0 Å². The van der Waals surface area contributed by atoms with E-state index in [2.05, 4.69) is 5.32 Å². The molecule has 25 heavy (non-hydrogen) atoms. The van der Waals surface area contributed by atoms with Crippen molar-refractivity contribution < 1.29 is 18.7 Å². The number of hydrogen-bond donors (Lipinski definition) is 1. The summed E-state index contributed by atoms with van der Waals surface area (Å²) in [5, 5.41) is 3.98. The number of benzene rings is 2. The molecule has 0 aliphatic carbocycles. The number of ether oxygens (including phenoxy) is 1. The van der Waals surface area contributed by atoms with Crippen molar-refractivity contribution >= 4 is 34.4 Å². The Morgan fingerprint density at radius 2 is 1.88 bits per heavy atom. The van der Waals surface area contributed by atoms with Gasteiger partial charge < -0.3 is 14.5 Å². The van der Waals surface area contributed by atoms with Gasteiger partial charge in [-0.15, -0.1) is 0 Å². The van der Waals surface area contributed by atoms with Crippen LogP contribution in [0.4, 0.5) is 0 Å². The summed E-state index contributed by atoms with van der Waals surface area (Å²) < 4.78 is 10.7. The van der Waals surface area contributed by atoms with Gasteiger partial charge in [-0.05, 0) is 31.2 Å². The molecule has 0 bridgehead atoms. The zero-order valence-corrected chi connectivity index (χ0v) is 14.2. The lowest BCUT2D eigenvalue weighted by molar-refractivity contribution is -0.125. The van der Waals surface area contributed by atoms with Crippen molar-refractivity contribution in [3.8, 4) is 0 Å². The van der Waals surface area contributed by atoms with Gasteiger partial charge in [0.05, 0.1) is 16.6 Å². The number of hydrogen-bond acceptors (Lipinski definition) is 4. The molecule has 0 unspecified atom stereocenters. The molecule has 0 spiro atoms. The van der Waals surface area contributed by atoms with Crippen LogP contribution in [0.5, 0.6) is 0 Å². The standard InChI is InChI=1S/C19H16ClNO4/c1-12(17-10-13-6-2-5-9-16(13)25-17)21-18(22)11-24-19(23)14-7-3-4-8-15(14)20/h2-10,12H,11H2,1H3,(H,21,22)/t12-/m0/s1. The van der Waals surface area contributed by atoms with Gasteiger partial charge in [-0.1, -0.05) is 41.9 Å². The van der Waals surface area contributed by atoms with Crippen LogP contribution in [-0.2, 0) is 9.53 Å². The molecular formula is C19H16ClNO4. The summed E-state index contributed by atoms with van der Waals surface area (Å²) in [6.45, 7) is 1.40. The summed E-state index contributed by atoms with van der Waals surface area (Å²) in [7, 11) is 0. The summed E-state index contributed by atoms with van der Waals surface area (Å²) in [4.78, 5) is 23.9. The highest BCUT2D eigenvalue weighted by atomic mass is 35.5. The second-order valence-corrected chi connectivity index (χ2v) is 5.94. The van der Waals surface area contributed by atoms with Gasteiger partial charge in [0, 0.05) is 5.39 Å². The van der Waals surface area contributed by atoms with E-state index < -0.39 is 18.5 Å². The van der Waals surface area contributed by atoms with E-state index in [4.69, 9.17) is 20.8 Å². The van der Waals surface area contributed by atoms with Crippen molar-refractivity contribution in [1.82, 2.24) is 5.32 Å². The van der Waals surface area contributed by atoms with E-state index in [1.807, 2.05) is 30.3 Å². The minimum Gasteiger partial charge on any atom is -0.459 e. The highest BCUT2D eigenvalue weighted by Crippen LogP contribution is 2.23. The maximum atomic E-state index is 12.0. The normalized spacial score (nSPS) is 11.9. The molecule has 5 nitrogen and oxygen atoms in total. The number of fused-ring (bicyclic) bond motifs is 1. The molecule has 0 aliphatic heterocycles. The Balaban J connectivity index is 1.57. The number of halogens is 1. The lowest BCUT2D eigenvalue weighted by Gasteiger charge is -2.11. The van der Waals surface area contributed by atoms with Gasteiger partial charge in [-0.3, -0.25) is 4.79 Å². The first-order valence-electron chi connectivity index (χ1n) is 7.74. The maximum Gasteiger partial charge on any atom is 0.340 e. The quantitative estimate of drug-likeness (QED) is 0.697. The number of nitrogens with one attached hydrogen (secondary N) is 1. The molecule has 1 N–H and O–H groups in total. The van der Waals surface area contributed by atoms with Crippen LogP contribution in [0.15, 0.2) is 59.0 Å². The molecule has 0 fully saturated rings. The highest BCUT2D eigenvalue weighted by molar-refractivity contribution is 6.33. The van der Waals surface area contributed by atoms with Crippen LogP contribution in [0.2, 0.25) is 5.02 Å². The fraction of sp³-hybridized carbons (Fsp3) is 0.158. The zero-order chi connectivity index (χ0) is 17.8. The van der Waals surface area contributed by atoms with Gasteiger partial charge in [0.2, 0.25) is 0 Å². The fourth-order valence-corrected chi connectivity index (χ4v) is 2.62. The molecule has 1 heterocycles. The summed E-state index contributed by atoms with van der Waals surface area (Å²) >= 11 is 5.92. The van der Waals surface area contributed by atoms with Crippen molar-refractivity contribution in [3.63, 3.8) is 0 Å². The number of para-hydroxylation sites is 1. The van der Waals surface area contributed by atoms with Gasteiger partial charge in [0.25, 0.3) is 5.91 Å². The van der Waals surface area contributed by atoms with E-state index >= 15 is 0 Å². The van der Waals surface area contributed by atoms with E-state index in [0.29, 0.717) is 5.76 Å². The van der Waals surface area contributed by atoms with Gasteiger partial charge in [0.1, 0.15) is 11.3 Å².